The van der Waals surface area contributed by atoms with Gasteiger partial charge in [-0.2, -0.15) is 0 Å². The maximum Gasteiger partial charge on any atom is 0.205 e. The number of hydrogen-bond donors (Lipinski definition) is 0. The fourth-order valence-corrected chi connectivity index (χ4v) is 5.73. The molecule has 3 rings (SSSR count). The van der Waals surface area contributed by atoms with Gasteiger partial charge in [0.25, 0.3) is 0 Å². The predicted octanol–water partition coefficient (Wildman–Crippen LogP) is 4.70. The molecule has 0 bridgehead atoms. The average Bonchev–Trinajstić information content (AvgIpc) is 2.56. The SMILES string of the molecule is CC1=CCCC2C1(C)CCC(C)C2(C)CC1=CC(=O)C=C(N(C)C)C1=O. The highest BCUT2D eigenvalue weighted by atomic mass is 16.1. The van der Waals surface area contributed by atoms with E-state index in [0.29, 0.717) is 29.5 Å². The third-order valence-electron chi connectivity index (χ3n) is 7.77. The van der Waals surface area contributed by atoms with Crippen molar-refractivity contribution in [3.8, 4) is 0 Å². The van der Waals surface area contributed by atoms with Crippen molar-refractivity contribution < 1.29 is 9.59 Å². The lowest BCUT2D eigenvalue weighted by molar-refractivity contribution is -0.117. The van der Waals surface area contributed by atoms with Gasteiger partial charge in [-0.05, 0) is 67.8 Å². The first-order valence-electron chi connectivity index (χ1n) is 9.95. The second-order valence-corrected chi connectivity index (χ2v) is 9.38. The Morgan fingerprint density at radius 2 is 1.85 bits per heavy atom. The van der Waals surface area contributed by atoms with Gasteiger partial charge in [0.1, 0.15) is 0 Å². The van der Waals surface area contributed by atoms with Gasteiger partial charge in [0.15, 0.2) is 5.78 Å². The fourth-order valence-electron chi connectivity index (χ4n) is 5.73. The molecule has 0 aromatic carbocycles. The van der Waals surface area contributed by atoms with E-state index in [4.69, 9.17) is 0 Å². The number of carbonyl (C=O) groups excluding carboxylic acids is 2. The van der Waals surface area contributed by atoms with Crippen LogP contribution in [0.3, 0.4) is 0 Å². The molecule has 3 heteroatoms. The summed E-state index contributed by atoms with van der Waals surface area (Å²) in [6.45, 7) is 9.40. The molecule has 0 saturated heterocycles. The van der Waals surface area contributed by atoms with Gasteiger partial charge in [0, 0.05) is 25.7 Å². The summed E-state index contributed by atoms with van der Waals surface area (Å²) in [6, 6.07) is 0. The summed E-state index contributed by atoms with van der Waals surface area (Å²) < 4.78 is 0. The van der Waals surface area contributed by atoms with Crippen molar-refractivity contribution in [2.24, 2.45) is 22.7 Å². The van der Waals surface area contributed by atoms with E-state index in [1.165, 1.54) is 30.9 Å². The van der Waals surface area contributed by atoms with Crippen LogP contribution in [-0.4, -0.2) is 30.6 Å². The maximum absolute atomic E-state index is 13.0. The number of Topliss-reactive ketones (excluding diaryl/α,β-unsaturated/α-hetero) is 1. The van der Waals surface area contributed by atoms with Crippen LogP contribution in [0.1, 0.15) is 59.8 Å². The van der Waals surface area contributed by atoms with E-state index in [0.717, 1.165) is 6.42 Å². The van der Waals surface area contributed by atoms with E-state index in [1.54, 1.807) is 11.0 Å². The molecule has 0 aliphatic heterocycles. The van der Waals surface area contributed by atoms with Crippen LogP contribution in [0.4, 0.5) is 0 Å². The predicted molar refractivity (Wildman–Crippen MR) is 106 cm³/mol. The van der Waals surface area contributed by atoms with Crippen LogP contribution in [-0.2, 0) is 9.59 Å². The Labute approximate surface area is 158 Å². The van der Waals surface area contributed by atoms with E-state index < -0.39 is 0 Å². The van der Waals surface area contributed by atoms with E-state index in [2.05, 4.69) is 33.8 Å². The van der Waals surface area contributed by atoms with Gasteiger partial charge >= 0.3 is 0 Å². The molecule has 0 aromatic rings. The molecule has 26 heavy (non-hydrogen) atoms. The molecule has 0 spiro atoms. The summed E-state index contributed by atoms with van der Waals surface area (Å²) in [6.07, 6.45) is 10.9. The summed E-state index contributed by atoms with van der Waals surface area (Å²) >= 11 is 0. The molecular formula is C23H33NO2. The van der Waals surface area contributed by atoms with Crippen molar-refractivity contribution in [2.75, 3.05) is 14.1 Å². The van der Waals surface area contributed by atoms with Crippen molar-refractivity contribution in [2.45, 2.75) is 59.8 Å². The van der Waals surface area contributed by atoms with Gasteiger partial charge in [0.05, 0.1) is 5.70 Å². The van der Waals surface area contributed by atoms with Crippen LogP contribution in [0.25, 0.3) is 0 Å². The second-order valence-electron chi connectivity index (χ2n) is 9.38. The topological polar surface area (TPSA) is 37.4 Å². The van der Waals surface area contributed by atoms with Gasteiger partial charge < -0.3 is 4.90 Å². The number of allylic oxidation sites excluding steroid dienone is 5. The fraction of sp³-hybridized carbons (Fsp3) is 0.652. The standard InChI is InChI=1S/C23H33NO2/c1-15-8-7-9-20-22(15,3)11-10-16(2)23(20,4)14-17-12-18(25)13-19(21(17)26)24(5)6/h8,12-13,16,20H,7,9-11,14H2,1-6H3. The maximum atomic E-state index is 13.0. The molecule has 3 nitrogen and oxygen atoms in total. The highest BCUT2D eigenvalue weighted by Crippen LogP contribution is 2.62. The lowest BCUT2D eigenvalue weighted by Crippen LogP contribution is -2.50. The summed E-state index contributed by atoms with van der Waals surface area (Å²) in [7, 11) is 3.66. The first-order chi connectivity index (χ1) is 12.1. The number of carbonyl (C=O) groups is 2. The Kier molecular flexibility index (Phi) is 4.79. The molecule has 1 saturated carbocycles. The Hall–Kier alpha value is -1.64. The van der Waals surface area contributed by atoms with Gasteiger partial charge in [-0.3, -0.25) is 9.59 Å². The third kappa shape index (κ3) is 2.90. The quantitative estimate of drug-likeness (QED) is 0.544. The molecule has 142 valence electrons. The second kappa shape index (κ2) is 6.51. The van der Waals surface area contributed by atoms with Crippen LogP contribution in [0, 0.1) is 22.7 Å². The van der Waals surface area contributed by atoms with E-state index in [-0.39, 0.29) is 22.4 Å². The zero-order chi connectivity index (χ0) is 19.3. The summed E-state index contributed by atoms with van der Waals surface area (Å²) in [5, 5.41) is 0. The minimum atomic E-state index is -0.0576. The summed E-state index contributed by atoms with van der Waals surface area (Å²) in [4.78, 5) is 27.0. The summed E-state index contributed by atoms with van der Waals surface area (Å²) in [5.41, 5.74) is 3.00. The molecule has 4 atom stereocenters. The van der Waals surface area contributed by atoms with Gasteiger partial charge in [0.2, 0.25) is 5.78 Å². The van der Waals surface area contributed by atoms with Crippen LogP contribution in [0.2, 0.25) is 0 Å². The highest BCUT2D eigenvalue weighted by molar-refractivity contribution is 6.19. The zero-order valence-electron chi connectivity index (χ0n) is 17.2. The number of nitrogens with zero attached hydrogens (tertiary/aromatic N) is 1. The molecule has 0 heterocycles. The Balaban J connectivity index is 1.96. The first kappa shape index (κ1) is 19.1. The number of ketones is 2. The Morgan fingerprint density at radius 3 is 2.50 bits per heavy atom. The number of hydrogen-bond acceptors (Lipinski definition) is 3. The lowest BCUT2D eigenvalue weighted by Gasteiger charge is -2.58. The monoisotopic (exact) mass is 355 g/mol. The number of likely N-dealkylation sites (N-methyl/N-ethyl adjacent to an activating group) is 1. The largest absolute Gasteiger partial charge is 0.374 e. The van der Waals surface area contributed by atoms with Crippen molar-refractivity contribution in [3.63, 3.8) is 0 Å². The molecule has 0 amide bonds. The average molecular weight is 356 g/mol. The minimum absolute atomic E-state index is 0.0263. The first-order valence-corrected chi connectivity index (χ1v) is 9.95. The molecule has 0 radical (unpaired) electrons. The van der Waals surface area contributed by atoms with Crippen LogP contribution < -0.4 is 0 Å². The molecule has 0 aromatic heterocycles. The molecule has 4 unspecified atom stereocenters. The lowest BCUT2D eigenvalue weighted by atomic mass is 9.46. The normalized spacial score (nSPS) is 37.5. The smallest absolute Gasteiger partial charge is 0.205 e. The Morgan fingerprint density at radius 1 is 1.15 bits per heavy atom. The number of rotatable bonds is 3. The van der Waals surface area contributed by atoms with E-state index >= 15 is 0 Å². The number of fused-ring (bicyclic) bond motifs is 1. The zero-order valence-corrected chi connectivity index (χ0v) is 17.2. The minimum Gasteiger partial charge on any atom is -0.374 e. The summed E-state index contributed by atoms with van der Waals surface area (Å²) in [5.74, 6) is 1.07. The van der Waals surface area contributed by atoms with E-state index in [9.17, 15) is 9.59 Å². The van der Waals surface area contributed by atoms with E-state index in [1.807, 2.05) is 14.1 Å². The van der Waals surface area contributed by atoms with Crippen molar-refractivity contribution in [1.29, 1.82) is 0 Å². The molecule has 3 aliphatic rings. The molecule has 0 N–H and O–H groups in total. The van der Waals surface area contributed by atoms with Crippen LogP contribution in [0.15, 0.2) is 35.1 Å². The molecular weight excluding hydrogens is 322 g/mol. The van der Waals surface area contributed by atoms with Crippen molar-refractivity contribution in [1.82, 2.24) is 4.90 Å². The van der Waals surface area contributed by atoms with Crippen LogP contribution in [0.5, 0.6) is 0 Å². The third-order valence-corrected chi connectivity index (χ3v) is 7.77. The van der Waals surface area contributed by atoms with Crippen LogP contribution >= 0.6 is 0 Å². The van der Waals surface area contributed by atoms with Crippen molar-refractivity contribution >= 4 is 11.6 Å². The van der Waals surface area contributed by atoms with Crippen molar-refractivity contribution in [3.05, 3.63) is 35.1 Å². The molecule has 1 fully saturated rings. The van der Waals surface area contributed by atoms with Gasteiger partial charge in [-0.25, -0.2) is 0 Å². The van der Waals surface area contributed by atoms with Gasteiger partial charge in [-0.15, -0.1) is 0 Å². The Bertz CT molecular complexity index is 726. The molecule has 3 aliphatic carbocycles. The van der Waals surface area contributed by atoms with Gasteiger partial charge in [-0.1, -0.05) is 32.4 Å². The highest BCUT2D eigenvalue weighted by Gasteiger charge is 2.53.